The second-order valence-corrected chi connectivity index (χ2v) is 16.0. The number of benzene rings is 7. The third-order valence-corrected chi connectivity index (χ3v) is 14.4. The van der Waals surface area contributed by atoms with Gasteiger partial charge in [-0.3, -0.25) is 4.57 Å². The second kappa shape index (κ2) is 11.6. The molecule has 0 spiro atoms. The van der Waals surface area contributed by atoms with Gasteiger partial charge in [0, 0.05) is 22.5 Å². The Morgan fingerprint density at radius 1 is 0.417 bits per heavy atom. The molecule has 7 aromatic carbocycles. The molecule has 0 N–H and O–H groups in total. The molecule has 3 nitrogen and oxygen atoms in total. The molecule has 0 saturated carbocycles. The van der Waals surface area contributed by atoms with Crippen LogP contribution in [0.1, 0.15) is 0 Å². The van der Waals surface area contributed by atoms with Crippen LogP contribution in [0.25, 0.3) is 49.8 Å². The number of rotatable bonds is 6. The summed E-state index contributed by atoms with van der Waals surface area (Å²) in [5, 5.41) is 10.3. The van der Waals surface area contributed by atoms with Crippen LogP contribution in [0.2, 0.25) is 0 Å². The van der Waals surface area contributed by atoms with Crippen LogP contribution in [0, 0.1) is 0 Å². The van der Waals surface area contributed by atoms with Crippen LogP contribution in [-0.2, 0) is 0 Å². The summed E-state index contributed by atoms with van der Waals surface area (Å²) in [6.07, 6.45) is 1.88. The fraction of sp³-hybridized carbons (Fsp3) is 0. The molecule has 0 aliphatic rings. The molecule has 0 atom stereocenters. The maximum absolute atomic E-state index is 5.20. The third kappa shape index (κ3) is 4.42. The average Bonchev–Trinajstić information content (AvgIpc) is 3.52. The maximum Gasteiger partial charge on any atom is 0.235 e. The van der Waals surface area contributed by atoms with E-state index in [0.29, 0.717) is 5.95 Å². The van der Waals surface area contributed by atoms with E-state index < -0.39 is 8.07 Å². The maximum atomic E-state index is 5.20. The van der Waals surface area contributed by atoms with Gasteiger partial charge in [-0.2, -0.15) is 20.7 Å². The zero-order valence-electron chi connectivity index (χ0n) is 26.2. The van der Waals surface area contributed by atoms with Gasteiger partial charge in [0.2, 0.25) is 5.95 Å². The minimum Gasteiger partial charge on any atom is -0.278 e. The van der Waals surface area contributed by atoms with Crippen molar-refractivity contribution in [1.82, 2.24) is 14.5 Å². The SMILES string of the molecule is c1ccc([Si-](c2ccccc2)(c2ccccc2)c2ccc(-c3ccnc(-n4c5ccccc5c5c6ccccc6ccc54)n3)cc2)cc1. The van der Waals surface area contributed by atoms with E-state index in [1.54, 1.807) is 0 Å². The van der Waals surface area contributed by atoms with Crippen molar-refractivity contribution in [1.29, 1.82) is 0 Å². The van der Waals surface area contributed by atoms with E-state index in [2.05, 4.69) is 180 Å². The fourth-order valence-electron chi connectivity index (χ4n) is 7.53. The van der Waals surface area contributed by atoms with Crippen molar-refractivity contribution >= 4 is 61.4 Å². The number of nitrogens with zero attached hydrogens (tertiary/aromatic N) is 3. The number of para-hydroxylation sites is 1. The molecule has 0 saturated heterocycles. The lowest BCUT2D eigenvalue weighted by Crippen LogP contribution is -2.74. The van der Waals surface area contributed by atoms with Crippen molar-refractivity contribution in [3.63, 3.8) is 0 Å². The topological polar surface area (TPSA) is 30.7 Å². The molecule has 2 heterocycles. The van der Waals surface area contributed by atoms with Crippen LogP contribution in [-0.4, -0.2) is 22.6 Å². The van der Waals surface area contributed by atoms with Crippen molar-refractivity contribution in [2.45, 2.75) is 0 Å². The molecule has 0 unspecified atom stereocenters. The summed E-state index contributed by atoms with van der Waals surface area (Å²) in [5.41, 5.74) is 4.16. The van der Waals surface area contributed by atoms with Crippen molar-refractivity contribution in [2.24, 2.45) is 0 Å². The van der Waals surface area contributed by atoms with Crippen LogP contribution in [0.5, 0.6) is 0 Å². The van der Waals surface area contributed by atoms with E-state index in [9.17, 15) is 0 Å². The molecule has 9 aromatic rings. The molecule has 0 fully saturated rings. The number of hydrogen-bond donors (Lipinski definition) is 0. The molecule has 0 amide bonds. The van der Waals surface area contributed by atoms with Gasteiger partial charge in [-0.25, -0.2) is 9.97 Å². The summed E-state index contributed by atoms with van der Waals surface area (Å²) in [4.78, 5) is 10.0. The molecule has 2 aromatic heterocycles. The molecule has 0 aliphatic heterocycles. The molecular formula is C44H31N3Si-. The lowest BCUT2D eigenvalue weighted by molar-refractivity contribution is 0.992. The van der Waals surface area contributed by atoms with Crippen LogP contribution < -0.4 is 20.7 Å². The Balaban J connectivity index is 1.20. The normalized spacial score (nSPS) is 11.8. The Morgan fingerprint density at radius 3 is 1.60 bits per heavy atom. The summed E-state index contributed by atoms with van der Waals surface area (Å²) in [7, 11) is -2.60. The zero-order chi connectivity index (χ0) is 31.9. The highest BCUT2D eigenvalue weighted by atomic mass is 28.3. The fourth-order valence-corrected chi connectivity index (χ4v) is 12.3. The Kier molecular flexibility index (Phi) is 6.80. The Bertz CT molecular complexity index is 2450. The smallest absolute Gasteiger partial charge is 0.235 e. The lowest BCUT2D eigenvalue weighted by Gasteiger charge is -2.47. The second-order valence-electron chi connectivity index (χ2n) is 12.2. The van der Waals surface area contributed by atoms with Gasteiger partial charge >= 0.3 is 0 Å². The molecule has 48 heavy (non-hydrogen) atoms. The molecule has 0 radical (unpaired) electrons. The minimum absolute atomic E-state index is 0.666. The van der Waals surface area contributed by atoms with Crippen molar-refractivity contribution in [3.05, 3.63) is 188 Å². The molecule has 4 heteroatoms. The van der Waals surface area contributed by atoms with Gasteiger partial charge in [0.25, 0.3) is 0 Å². The number of fused-ring (bicyclic) bond motifs is 5. The number of hydrogen-bond acceptors (Lipinski definition) is 2. The first kappa shape index (κ1) is 28.1. The predicted molar refractivity (Wildman–Crippen MR) is 203 cm³/mol. The number of aromatic nitrogens is 3. The first-order valence-electron chi connectivity index (χ1n) is 16.3. The van der Waals surface area contributed by atoms with E-state index in [0.717, 1.165) is 22.3 Å². The van der Waals surface area contributed by atoms with Crippen molar-refractivity contribution < 1.29 is 0 Å². The molecule has 0 aliphatic carbocycles. The van der Waals surface area contributed by atoms with Crippen LogP contribution >= 0.6 is 0 Å². The summed E-state index contributed by atoms with van der Waals surface area (Å²) >= 11 is 0. The standard InChI is InChI=1S/C44H31N3Si/c1-4-15-34(16-5-1)48(35-17-6-2-7-18-35,36-19-8-3-9-20-36)37-27-24-33(25-28-37)40-30-31-45-44(46-40)47-41-23-13-12-22-39(41)43-38-21-11-10-14-32(38)26-29-42(43)47/h1-31H/q-1. The highest BCUT2D eigenvalue weighted by molar-refractivity contribution is 7.19. The zero-order valence-corrected chi connectivity index (χ0v) is 27.2. The molecule has 227 valence electrons. The lowest BCUT2D eigenvalue weighted by atomic mass is 10.0. The van der Waals surface area contributed by atoms with E-state index in [1.165, 1.54) is 42.3 Å². The van der Waals surface area contributed by atoms with Gasteiger partial charge in [-0.15, -0.1) is 0 Å². The third-order valence-electron chi connectivity index (χ3n) is 9.64. The Labute approximate surface area is 280 Å². The first-order chi connectivity index (χ1) is 23.8. The van der Waals surface area contributed by atoms with Crippen molar-refractivity contribution in [3.8, 4) is 17.2 Å². The summed E-state index contributed by atoms with van der Waals surface area (Å²) in [6, 6.07) is 65.7. The van der Waals surface area contributed by atoms with Gasteiger partial charge in [-0.1, -0.05) is 164 Å². The Hall–Kier alpha value is -6.10. The highest BCUT2D eigenvalue weighted by Gasteiger charge is 2.28. The minimum atomic E-state index is -2.60. The van der Waals surface area contributed by atoms with E-state index in [-0.39, 0.29) is 0 Å². The van der Waals surface area contributed by atoms with Crippen LogP contribution in [0.4, 0.5) is 0 Å². The van der Waals surface area contributed by atoms with Gasteiger partial charge in [0.15, 0.2) is 0 Å². The molecule has 0 bridgehead atoms. The van der Waals surface area contributed by atoms with Crippen LogP contribution in [0.15, 0.2) is 188 Å². The van der Waals surface area contributed by atoms with Crippen molar-refractivity contribution in [2.75, 3.05) is 0 Å². The predicted octanol–water partition coefficient (Wildman–Crippen LogP) is 7.77. The molecular weight excluding hydrogens is 599 g/mol. The summed E-state index contributed by atoms with van der Waals surface area (Å²) in [5.74, 6) is 0.666. The van der Waals surface area contributed by atoms with Gasteiger partial charge < -0.3 is 0 Å². The first-order valence-corrected chi connectivity index (χ1v) is 18.3. The average molecular weight is 630 g/mol. The van der Waals surface area contributed by atoms with Gasteiger partial charge in [0.1, 0.15) is 0 Å². The van der Waals surface area contributed by atoms with E-state index in [1.807, 2.05) is 12.3 Å². The quantitative estimate of drug-likeness (QED) is 0.139. The van der Waals surface area contributed by atoms with Crippen LogP contribution in [0.3, 0.4) is 0 Å². The van der Waals surface area contributed by atoms with Gasteiger partial charge in [0.05, 0.1) is 16.7 Å². The Morgan fingerprint density at radius 2 is 0.958 bits per heavy atom. The molecule has 9 rings (SSSR count). The largest absolute Gasteiger partial charge is 0.278 e. The monoisotopic (exact) mass is 629 g/mol. The highest BCUT2D eigenvalue weighted by Crippen LogP contribution is 2.36. The summed E-state index contributed by atoms with van der Waals surface area (Å²) < 4.78 is 2.20. The van der Waals surface area contributed by atoms with E-state index >= 15 is 0 Å². The van der Waals surface area contributed by atoms with Gasteiger partial charge in [-0.05, 0) is 37.0 Å². The van der Waals surface area contributed by atoms with E-state index in [4.69, 9.17) is 9.97 Å². The summed E-state index contributed by atoms with van der Waals surface area (Å²) in [6.45, 7) is 0.